The second-order valence-electron chi connectivity index (χ2n) is 8.28. The first-order valence-electron chi connectivity index (χ1n) is 11.0. The van der Waals surface area contributed by atoms with Crippen LogP contribution in [-0.4, -0.2) is 93.3 Å². The SMILES string of the molecule is CCNC(=NCC1(CN2CCOCC2)CCCCC1)NCCN1C(=O)CNC1=O.I. The van der Waals surface area contributed by atoms with Crippen molar-refractivity contribution in [3.05, 3.63) is 0 Å². The van der Waals surface area contributed by atoms with Crippen molar-refractivity contribution in [2.75, 3.05) is 65.6 Å². The summed E-state index contributed by atoms with van der Waals surface area (Å²) < 4.78 is 5.51. The Hall–Kier alpha value is -1.14. The van der Waals surface area contributed by atoms with E-state index in [9.17, 15) is 9.59 Å². The zero-order valence-corrected chi connectivity index (χ0v) is 20.4. The lowest BCUT2D eigenvalue weighted by Gasteiger charge is -2.41. The number of guanidine groups is 1. The molecule has 3 rings (SSSR count). The lowest BCUT2D eigenvalue weighted by Crippen LogP contribution is -2.47. The van der Waals surface area contributed by atoms with E-state index in [4.69, 9.17) is 9.73 Å². The van der Waals surface area contributed by atoms with Gasteiger partial charge in [0.25, 0.3) is 0 Å². The lowest BCUT2D eigenvalue weighted by atomic mass is 9.73. The number of carbonyl (C=O) groups is 2. The molecular weight excluding hydrogens is 499 g/mol. The number of amides is 3. The fraction of sp³-hybridized carbons (Fsp3) is 0.850. The fourth-order valence-corrected chi connectivity index (χ4v) is 4.46. The van der Waals surface area contributed by atoms with Crippen molar-refractivity contribution in [3.8, 4) is 0 Å². The number of nitrogens with one attached hydrogen (secondary N) is 3. The molecule has 1 saturated carbocycles. The molecule has 2 heterocycles. The number of aliphatic imine (C=N–C) groups is 1. The quantitative estimate of drug-likeness (QED) is 0.185. The van der Waals surface area contributed by atoms with Crippen molar-refractivity contribution in [1.29, 1.82) is 0 Å². The predicted molar refractivity (Wildman–Crippen MR) is 127 cm³/mol. The Labute approximate surface area is 196 Å². The van der Waals surface area contributed by atoms with Crippen molar-refractivity contribution in [1.82, 2.24) is 25.8 Å². The van der Waals surface area contributed by atoms with Crippen LogP contribution in [0.15, 0.2) is 4.99 Å². The molecule has 3 amide bonds. The van der Waals surface area contributed by atoms with Gasteiger partial charge < -0.3 is 20.7 Å². The highest BCUT2D eigenvalue weighted by Gasteiger charge is 2.34. The van der Waals surface area contributed by atoms with Gasteiger partial charge in [0.1, 0.15) is 0 Å². The van der Waals surface area contributed by atoms with Gasteiger partial charge in [-0.2, -0.15) is 0 Å². The van der Waals surface area contributed by atoms with E-state index in [1.54, 1.807) is 0 Å². The molecule has 0 radical (unpaired) electrons. The number of ether oxygens (including phenoxy) is 1. The van der Waals surface area contributed by atoms with E-state index in [1.807, 2.05) is 6.92 Å². The first kappa shape index (κ1) is 25.1. The molecule has 3 N–H and O–H groups in total. The molecule has 10 heteroatoms. The molecule has 2 saturated heterocycles. The van der Waals surface area contributed by atoms with Gasteiger partial charge in [-0.1, -0.05) is 19.3 Å². The van der Waals surface area contributed by atoms with E-state index >= 15 is 0 Å². The maximum Gasteiger partial charge on any atom is 0.324 e. The van der Waals surface area contributed by atoms with Crippen molar-refractivity contribution in [3.63, 3.8) is 0 Å². The zero-order valence-electron chi connectivity index (χ0n) is 18.1. The van der Waals surface area contributed by atoms with Gasteiger partial charge in [-0.25, -0.2) is 4.79 Å². The zero-order chi connectivity index (χ0) is 20.5. The van der Waals surface area contributed by atoms with Gasteiger partial charge >= 0.3 is 6.03 Å². The summed E-state index contributed by atoms with van der Waals surface area (Å²) in [5, 5.41) is 9.12. The van der Waals surface area contributed by atoms with Crippen LogP contribution in [0.3, 0.4) is 0 Å². The standard InChI is InChI=1S/C20H36N6O3.HI/c1-2-21-18(22-8-9-26-17(27)14-23-19(26)28)24-15-20(6-4-3-5-7-20)16-25-10-12-29-13-11-25;/h2-16H2,1H3,(H,23,28)(H2,21,22,24);1H. The van der Waals surface area contributed by atoms with Crippen molar-refractivity contribution >= 4 is 41.9 Å². The number of nitrogens with zero attached hydrogens (tertiary/aromatic N) is 3. The van der Waals surface area contributed by atoms with Crippen LogP contribution in [0, 0.1) is 5.41 Å². The summed E-state index contributed by atoms with van der Waals surface area (Å²) in [5.41, 5.74) is 0.225. The molecule has 30 heavy (non-hydrogen) atoms. The van der Waals surface area contributed by atoms with E-state index in [1.165, 1.54) is 37.0 Å². The molecule has 2 aliphatic heterocycles. The third-order valence-electron chi connectivity index (χ3n) is 6.06. The third-order valence-corrected chi connectivity index (χ3v) is 6.06. The molecule has 1 aliphatic carbocycles. The van der Waals surface area contributed by atoms with Gasteiger partial charge in [0, 0.05) is 51.2 Å². The van der Waals surface area contributed by atoms with Crippen molar-refractivity contribution in [2.45, 2.75) is 39.0 Å². The Morgan fingerprint density at radius 1 is 1.17 bits per heavy atom. The number of carbonyl (C=O) groups excluding carboxylic acids is 2. The van der Waals surface area contributed by atoms with Crippen molar-refractivity contribution in [2.24, 2.45) is 10.4 Å². The molecule has 3 aliphatic rings. The number of hydrogen-bond acceptors (Lipinski definition) is 5. The second kappa shape index (κ2) is 12.7. The first-order chi connectivity index (χ1) is 14.1. The highest BCUT2D eigenvalue weighted by atomic mass is 127. The molecule has 3 fully saturated rings. The minimum absolute atomic E-state index is 0. The van der Waals surface area contributed by atoms with Gasteiger partial charge in [-0.05, 0) is 19.8 Å². The molecule has 0 aromatic carbocycles. The topological polar surface area (TPSA) is 98.3 Å². The second-order valence-corrected chi connectivity index (χ2v) is 8.28. The largest absolute Gasteiger partial charge is 0.379 e. The van der Waals surface area contributed by atoms with Gasteiger partial charge in [-0.15, -0.1) is 24.0 Å². The summed E-state index contributed by atoms with van der Waals surface area (Å²) in [6.07, 6.45) is 6.30. The van der Waals surface area contributed by atoms with E-state index in [0.717, 1.165) is 51.9 Å². The maximum atomic E-state index is 11.7. The summed E-state index contributed by atoms with van der Waals surface area (Å²) in [6, 6.07) is -0.314. The highest BCUT2D eigenvalue weighted by Crippen LogP contribution is 2.37. The number of rotatable bonds is 8. The summed E-state index contributed by atoms with van der Waals surface area (Å²) >= 11 is 0. The molecule has 0 bridgehead atoms. The Morgan fingerprint density at radius 3 is 2.53 bits per heavy atom. The van der Waals surface area contributed by atoms with E-state index in [0.29, 0.717) is 13.1 Å². The van der Waals surface area contributed by atoms with E-state index in [-0.39, 0.29) is 47.9 Å². The van der Waals surface area contributed by atoms with Crippen LogP contribution in [0.4, 0.5) is 4.79 Å². The summed E-state index contributed by atoms with van der Waals surface area (Å²) in [5.74, 6) is 0.580. The van der Waals surface area contributed by atoms with Crippen LogP contribution in [-0.2, 0) is 9.53 Å². The van der Waals surface area contributed by atoms with Crippen LogP contribution in [0.25, 0.3) is 0 Å². The Morgan fingerprint density at radius 2 is 1.90 bits per heavy atom. The number of halogens is 1. The number of urea groups is 1. The molecule has 0 atom stereocenters. The Kier molecular flexibility index (Phi) is 10.6. The summed E-state index contributed by atoms with van der Waals surface area (Å²) in [7, 11) is 0. The highest BCUT2D eigenvalue weighted by molar-refractivity contribution is 14.0. The summed E-state index contributed by atoms with van der Waals surface area (Å²) in [6.45, 7) is 9.28. The lowest BCUT2D eigenvalue weighted by molar-refractivity contribution is -0.124. The van der Waals surface area contributed by atoms with Gasteiger partial charge in [-0.3, -0.25) is 19.6 Å². The monoisotopic (exact) mass is 536 g/mol. The molecule has 0 spiro atoms. The van der Waals surface area contributed by atoms with Crippen LogP contribution < -0.4 is 16.0 Å². The van der Waals surface area contributed by atoms with Crippen molar-refractivity contribution < 1.29 is 14.3 Å². The Bertz CT molecular complexity index is 575. The number of imide groups is 1. The van der Waals surface area contributed by atoms with E-state index in [2.05, 4.69) is 20.9 Å². The molecular formula is C20H37IN6O3. The molecule has 172 valence electrons. The Balaban J connectivity index is 0.00000320. The van der Waals surface area contributed by atoms with Gasteiger partial charge in [0.05, 0.1) is 19.8 Å². The van der Waals surface area contributed by atoms with Gasteiger partial charge in [0.2, 0.25) is 5.91 Å². The minimum Gasteiger partial charge on any atom is -0.379 e. The average Bonchev–Trinajstić information content (AvgIpc) is 3.05. The van der Waals surface area contributed by atoms with Crippen LogP contribution in [0.1, 0.15) is 39.0 Å². The normalized spacial score (nSPS) is 22.4. The number of morpholine rings is 1. The summed E-state index contributed by atoms with van der Waals surface area (Å²) in [4.78, 5) is 32.0. The van der Waals surface area contributed by atoms with Crippen LogP contribution >= 0.6 is 24.0 Å². The third kappa shape index (κ3) is 7.23. The average molecular weight is 536 g/mol. The van der Waals surface area contributed by atoms with Crippen LogP contribution in [0.2, 0.25) is 0 Å². The smallest absolute Gasteiger partial charge is 0.324 e. The molecule has 9 nitrogen and oxygen atoms in total. The predicted octanol–water partition coefficient (Wildman–Crippen LogP) is 0.994. The minimum atomic E-state index is -0.314. The molecule has 0 unspecified atom stereocenters. The van der Waals surface area contributed by atoms with Crippen LogP contribution in [0.5, 0.6) is 0 Å². The fourth-order valence-electron chi connectivity index (χ4n) is 4.46. The maximum absolute atomic E-state index is 11.7. The van der Waals surface area contributed by atoms with E-state index < -0.39 is 0 Å². The number of hydrogen-bond donors (Lipinski definition) is 3. The van der Waals surface area contributed by atoms with Gasteiger partial charge in [0.15, 0.2) is 5.96 Å². The molecule has 0 aromatic heterocycles. The molecule has 0 aromatic rings. The first-order valence-corrected chi connectivity index (χ1v) is 11.0.